The van der Waals surface area contributed by atoms with E-state index in [9.17, 15) is 22.4 Å². The normalized spacial score (nSPS) is 12.0. The first-order valence-electron chi connectivity index (χ1n) is 10.3. The molecule has 0 aliphatic carbocycles. The lowest BCUT2D eigenvalue weighted by atomic mass is 10.2. The molecule has 35 heavy (non-hydrogen) atoms. The molecule has 0 aliphatic rings. The van der Waals surface area contributed by atoms with Crippen LogP contribution in [-0.2, 0) is 26.1 Å². The lowest BCUT2D eigenvalue weighted by Crippen LogP contribution is -2.22. The number of carbonyl (C=O) groups is 2. The van der Waals surface area contributed by atoms with E-state index in [2.05, 4.69) is 9.71 Å². The predicted molar refractivity (Wildman–Crippen MR) is 130 cm³/mol. The molecule has 4 rings (SSSR count). The molecule has 1 amide bonds. The molecule has 0 fully saturated rings. The second-order valence-electron chi connectivity index (χ2n) is 7.57. The molecule has 0 unspecified atom stereocenters. The molecule has 0 saturated heterocycles. The number of hydrogen-bond donors (Lipinski definition) is 1. The first-order chi connectivity index (χ1) is 16.7. The number of rotatable bonds is 6. The van der Waals surface area contributed by atoms with Gasteiger partial charge in [0.15, 0.2) is 4.80 Å². The van der Waals surface area contributed by atoms with Crippen LogP contribution in [0.1, 0.15) is 15.9 Å². The van der Waals surface area contributed by atoms with E-state index >= 15 is 0 Å². The Morgan fingerprint density at radius 1 is 1.06 bits per heavy atom. The highest BCUT2D eigenvalue weighted by molar-refractivity contribution is 7.92. The summed E-state index contributed by atoms with van der Waals surface area (Å²) in [6.45, 7) is 1.66. The summed E-state index contributed by atoms with van der Waals surface area (Å²) < 4.78 is 48.0. The molecule has 0 radical (unpaired) electrons. The third-order valence-electron chi connectivity index (χ3n) is 5.07. The van der Waals surface area contributed by atoms with Gasteiger partial charge in [-0.3, -0.25) is 14.3 Å². The molecule has 4 aromatic rings. The maximum Gasteiger partial charge on any atom is 0.325 e. The van der Waals surface area contributed by atoms with E-state index in [1.54, 1.807) is 12.1 Å². The molecule has 1 heterocycles. The fraction of sp³-hybridized carbons (Fsp3) is 0.125. The molecule has 0 spiro atoms. The number of ether oxygens (including phenoxy) is 1. The summed E-state index contributed by atoms with van der Waals surface area (Å²) in [5.74, 6) is -1.61. The summed E-state index contributed by atoms with van der Waals surface area (Å²) in [5.41, 5.74) is 1.96. The average molecular weight is 514 g/mol. The number of nitrogens with zero attached hydrogens (tertiary/aromatic N) is 2. The van der Waals surface area contributed by atoms with Crippen molar-refractivity contribution >= 4 is 49.1 Å². The minimum absolute atomic E-state index is 0.120. The van der Waals surface area contributed by atoms with Gasteiger partial charge >= 0.3 is 5.97 Å². The predicted octanol–water partition coefficient (Wildman–Crippen LogP) is 3.87. The van der Waals surface area contributed by atoms with Crippen molar-refractivity contribution < 1.29 is 27.1 Å². The SMILES string of the molecule is COC(=O)Cn1c(=NC(=O)c2ccc(NS(=O)(=O)c3ccc(C)cc3)cc2)sc2cc(F)ccc21. The van der Waals surface area contributed by atoms with Crippen molar-refractivity contribution in [3.63, 3.8) is 0 Å². The van der Waals surface area contributed by atoms with Gasteiger partial charge in [-0.1, -0.05) is 29.0 Å². The van der Waals surface area contributed by atoms with Crippen LogP contribution in [0.3, 0.4) is 0 Å². The zero-order chi connectivity index (χ0) is 25.2. The third kappa shape index (κ3) is 5.47. The standard InChI is InChI=1S/C24H20FN3O5S2/c1-15-3-10-19(11-4-15)35(31,32)27-18-8-5-16(6-9-18)23(30)26-24-28(14-22(29)33-2)20-12-7-17(25)13-21(20)34-24/h3-13,27H,14H2,1-2H3. The number of aromatic nitrogens is 1. The summed E-state index contributed by atoms with van der Waals surface area (Å²) in [6, 6.07) is 16.3. The average Bonchev–Trinajstić information content (AvgIpc) is 3.15. The first kappa shape index (κ1) is 24.3. The highest BCUT2D eigenvalue weighted by atomic mass is 32.2. The minimum atomic E-state index is -3.78. The largest absolute Gasteiger partial charge is 0.468 e. The van der Waals surface area contributed by atoms with Gasteiger partial charge < -0.3 is 9.30 Å². The van der Waals surface area contributed by atoms with E-state index in [1.807, 2.05) is 6.92 Å². The Balaban J connectivity index is 1.62. The fourth-order valence-corrected chi connectivity index (χ4v) is 5.35. The maximum atomic E-state index is 13.7. The van der Waals surface area contributed by atoms with Gasteiger partial charge in [-0.05, 0) is 61.5 Å². The third-order valence-corrected chi connectivity index (χ3v) is 7.51. The van der Waals surface area contributed by atoms with Gasteiger partial charge in [0, 0.05) is 11.3 Å². The van der Waals surface area contributed by atoms with Crippen LogP contribution >= 0.6 is 11.3 Å². The summed E-state index contributed by atoms with van der Waals surface area (Å²) in [5, 5.41) is 0. The summed E-state index contributed by atoms with van der Waals surface area (Å²) in [4.78, 5) is 29.1. The number of methoxy groups -OCH3 is 1. The van der Waals surface area contributed by atoms with Crippen LogP contribution in [0, 0.1) is 12.7 Å². The van der Waals surface area contributed by atoms with Gasteiger partial charge in [-0.25, -0.2) is 12.8 Å². The molecule has 11 heteroatoms. The topological polar surface area (TPSA) is 107 Å². The monoisotopic (exact) mass is 513 g/mol. The van der Waals surface area contributed by atoms with Crippen molar-refractivity contribution in [1.82, 2.24) is 4.57 Å². The van der Waals surface area contributed by atoms with Crippen LogP contribution in [0.15, 0.2) is 76.6 Å². The van der Waals surface area contributed by atoms with E-state index in [4.69, 9.17) is 4.74 Å². The Morgan fingerprint density at radius 3 is 2.40 bits per heavy atom. The number of fused-ring (bicyclic) bond motifs is 1. The van der Waals surface area contributed by atoms with Crippen molar-refractivity contribution in [2.24, 2.45) is 4.99 Å². The van der Waals surface area contributed by atoms with Crippen molar-refractivity contribution in [2.45, 2.75) is 18.4 Å². The van der Waals surface area contributed by atoms with E-state index in [0.717, 1.165) is 16.9 Å². The Kier molecular flexibility index (Phi) is 6.81. The molecule has 180 valence electrons. The number of hydrogen-bond acceptors (Lipinski definition) is 6. The highest BCUT2D eigenvalue weighted by Crippen LogP contribution is 2.20. The van der Waals surface area contributed by atoms with Gasteiger partial charge in [-0.15, -0.1) is 0 Å². The number of aryl methyl sites for hydroxylation is 1. The number of sulfonamides is 1. The molecule has 0 atom stereocenters. The molecule has 3 aromatic carbocycles. The lowest BCUT2D eigenvalue weighted by Gasteiger charge is -2.08. The van der Waals surface area contributed by atoms with Gasteiger partial charge in [0.05, 0.1) is 22.2 Å². The molecule has 0 saturated carbocycles. The first-order valence-corrected chi connectivity index (χ1v) is 12.6. The summed E-state index contributed by atoms with van der Waals surface area (Å²) >= 11 is 1.06. The molecule has 0 aliphatic heterocycles. The molecule has 1 N–H and O–H groups in total. The Hall–Kier alpha value is -3.83. The Morgan fingerprint density at radius 2 is 1.74 bits per heavy atom. The van der Waals surface area contributed by atoms with E-state index in [1.165, 1.54) is 66.3 Å². The van der Waals surface area contributed by atoms with Crippen LogP contribution in [0.25, 0.3) is 10.2 Å². The zero-order valence-corrected chi connectivity index (χ0v) is 20.3. The number of carbonyl (C=O) groups excluding carboxylic acids is 2. The zero-order valence-electron chi connectivity index (χ0n) is 18.7. The maximum absolute atomic E-state index is 13.7. The van der Waals surface area contributed by atoms with Gasteiger partial charge in [-0.2, -0.15) is 4.99 Å². The number of nitrogens with one attached hydrogen (secondary N) is 1. The van der Waals surface area contributed by atoms with Crippen LogP contribution < -0.4 is 9.52 Å². The Bertz CT molecular complexity index is 1590. The van der Waals surface area contributed by atoms with Crippen LogP contribution in [-0.4, -0.2) is 32.0 Å². The number of halogens is 1. The van der Waals surface area contributed by atoms with Crippen LogP contribution in [0.4, 0.5) is 10.1 Å². The van der Waals surface area contributed by atoms with Crippen molar-refractivity contribution in [3.8, 4) is 0 Å². The van der Waals surface area contributed by atoms with Gasteiger partial charge in [0.1, 0.15) is 12.4 Å². The van der Waals surface area contributed by atoms with Crippen LogP contribution in [0.5, 0.6) is 0 Å². The smallest absolute Gasteiger partial charge is 0.325 e. The number of esters is 1. The van der Waals surface area contributed by atoms with Crippen LogP contribution in [0.2, 0.25) is 0 Å². The second-order valence-corrected chi connectivity index (χ2v) is 10.3. The minimum Gasteiger partial charge on any atom is -0.468 e. The highest BCUT2D eigenvalue weighted by Gasteiger charge is 2.15. The molecule has 0 bridgehead atoms. The molecular weight excluding hydrogens is 493 g/mol. The summed E-state index contributed by atoms with van der Waals surface area (Å²) in [6.07, 6.45) is 0. The van der Waals surface area contributed by atoms with Crippen molar-refractivity contribution in [2.75, 3.05) is 11.8 Å². The number of amides is 1. The fourth-order valence-electron chi connectivity index (χ4n) is 3.24. The number of anilines is 1. The quantitative estimate of drug-likeness (QED) is 0.394. The molecule has 1 aromatic heterocycles. The van der Waals surface area contributed by atoms with E-state index < -0.39 is 27.7 Å². The van der Waals surface area contributed by atoms with Gasteiger partial charge in [0.2, 0.25) is 0 Å². The van der Waals surface area contributed by atoms with Crippen molar-refractivity contribution in [1.29, 1.82) is 0 Å². The number of benzene rings is 3. The number of thiazole rings is 1. The van der Waals surface area contributed by atoms with Crippen molar-refractivity contribution in [3.05, 3.63) is 88.5 Å². The van der Waals surface area contributed by atoms with Gasteiger partial charge in [0.25, 0.3) is 15.9 Å². The Labute approximate surface area is 204 Å². The molecular formula is C24H20FN3O5S2. The second kappa shape index (κ2) is 9.80. The molecule has 8 nitrogen and oxygen atoms in total. The summed E-state index contributed by atoms with van der Waals surface area (Å²) in [7, 11) is -2.54. The van der Waals surface area contributed by atoms with E-state index in [-0.39, 0.29) is 27.5 Å². The lowest BCUT2D eigenvalue weighted by molar-refractivity contribution is -0.141. The van der Waals surface area contributed by atoms with E-state index in [0.29, 0.717) is 10.2 Å².